The van der Waals surface area contributed by atoms with Crippen molar-refractivity contribution in [1.82, 2.24) is 0 Å². The Kier molecular flexibility index (Phi) is 5.20. The van der Waals surface area contributed by atoms with Crippen molar-refractivity contribution in [2.24, 2.45) is 0 Å². The molecule has 19 heavy (non-hydrogen) atoms. The molecule has 1 nitrogen and oxygen atoms in total. The standard InChI is InChI=1S/C17H27NS/c1-12(2)14-5-6-17(16(11-14)13(3)4)18-15-7-9-19-10-8-15/h5-6,11-13,15,18H,7-10H2,1-4H3. The highest BCUT2D eigenvalue weighted by Gasteiger charge is 2.16. The normalized spacial score (nSPS) is 17.2. The van der Waals surface area contributed by atoms with E-state index in [0.717, 1.165) is 0 Å². The van der Waals surface area contributed by atoms with Gasteiger partial charge in [0.1, 0.15) is 0 Å². The Hall–Kier alpha value is -0.630. The molecule has 0 bridgehead atoms. The van der Waals surface area contributed by atoms with Crippen molar-refractivity contribution in [2.75, 3.05) is 16.8 Å². The van der Waals surface area contributed by atoms with E-state index in [1.807, 2.05) is 0 Å². The summed E-state index contributed by atoms with van der Waals surface area (Å²) in [4.78, 5) is 0. The van der Waals surface area contributed by atoms with Gasteiger partial charge in [0.05, 0.1) is 0 Å². The summed E-state index contributed by atoms with van der Waals surface area (Å²) in [6.07, 6.45) is 2.60. The Morgan fingerprint density at radius 1 is 1.05 bits per heavy atom. The Bertz CT molecular complexity index is 406. The maximum absolute atomic E-state index is 3.78. The lowest BCUT2D eigenvalue weighted by atomic mass is 9.93. The van der Waals surface area contributed by atoms with Gasteiger partial charge in [-0.15, -0.1) is 0 Å². The molecule has 1 saturated heterocycles. The molecule has 1 aliphatic heterocycles. The molecular weight excluding hydrogens is 250 g/mol. The van der Waals surface area contributed by atoms with Crippen LogP contribution in [0.5, 0.6) is 0 Å². The highest BCUT2D eigenvalue weighted by atomic mass is 32.2. The third-order valence-corrected chi connectivity index (χ3v) is 4.99. The molecule has 1 N–H and O–H groups in total. The highest BCUT2D eigenvalue weighted by molar-refractivity contribution is 7.99. The van der Waals surface area contributed by atoms with Gasteiger partial charge in [0.2, 0.25) is 0 Å². The molecule has 1 aromatic carbocycles. The minimum atomic E-state index is 0.583. The van der Waals surface area contributed by atoms with E-state index in [1.54, 1.807) is 0 Å². The van der Waals surface area contributed by atoms with Gasteiger partial charge in [-0.1, -0.05) is 39.8 Å². The number of nitrogens with one attached hydrogen (secondary N) is 1. The summed E-state index contributed by atoms with van der Waals surface area (Å²) in [5, 5.41) is 3.78. The monoisotopic (exact) mass is 277 g/mol. The summed E-state index contributed by atoms with van der Waals surface area (Å²) < 4.78 is 0. The Labute approximate surface area is 122 Å². The van der Waals surface area contributed by atoms with Gasteiger partial charge in [-0.05, 0) is 53.4 Å². The molecule has 1 heterocycles. The van der Waals surface area contributed by atoms with Crippen molar-refractivity contribution in [1.29, 1.82) is 0 Å². The molecule has 0 amide bonds. The second-order valence-electron chi connectivity index (χ2n) is 6.19. The molecule has 0 aliphatic carbocycles. The third kappa shape index (κ3) is 3.92. The van der Waals surface area contributed by atoms with Crippen LogP contribution in [0.15, 0.2) is 18.2 Å². The largest absolute Gasteiger partial charge is 0.382 e. The molecule has 1 fully saturated rings. The molecule has 0 aromatic heterocycles. The second kappa shape index (κ2) is 6.69. The van der Waals surface area contributed by atoms with Crippen LogP contribution in [0, 0.1) is 0 Å². The van der Waals surface area contributed by atoms with Crippen LogP contribution in [-0.2, 0) is 0 Å². The van der Waals surface area contributed by atoms with Crippen molar-refractivity contribution in [2.45, 2.75) is 58.4 Å². The fourth-order valence-electron chi connectivity index (χ4n) is 2.61. The molecule has 106 valence electrons. The lowest BCUT2D eigenvalue weighted by Crippen LogP contribution is -2.25. The SMILES string of the molecule is CC(C)c1ccc(NC2CCSCC2)c(C(C)C)c1. The molecule has 2 heteroatoms. The third-order valence-electron chi connectivity index (χ3n) is 3.95. The van der Waals surface area contributed by atoms with Gasteiger partial charge < -0.3 is 5.32 Å². The zero-order chi connectivity index (χ0) is 13.8. The first-order valence-electron chi connectivity index (χ1n) is 7.56. The Morgan fingerprint density at radius 3 is 2.32 bits per heavy atom. The fourth-order valence-corrected chi connectivity index (χ4v) is 3.72. The number of hydrogen-bond acceptors (Lipinski definition) is 2. The van der Waals surface area contributed by atoms with Crippen LogP contribution in [0.2, 0.25) is 0 Å². The zero-order valence-electron chi connectivity index (χ0n) is 12.7. The summed E-state index contributed by atoms with van der Waals surface area (Å²) in [6, 6.07) is 7.65. The summed E-state index contributed by atoms with van der Waals surface area (Å²) >= 11 is 2.09. The average Bonchev–Trinajstić information content (AvgIpc) is 2.39. The molecular formula is C17H27NS. The number of benzene rings is 1. The number of rotatable bonds is 4. The van der Waals surface area contributed by atoms with Crippen LogP contribution in [0.25, 0.3) is 0 Å². The first-order valence-corrected chi connectivity index (χ1v) is 8.71. The van der Waals surface area contributed by atoms with E-state index in [1.165, 1.54) is 41.2 Å². The van der Waals surface area contributed by atoms with Crippen LogP contribution in [0.4, 0.5) is 5.69 Å². The smallest absolute Gasteiger partial charge is 0.0377 e. The quantitative estimate of drug-likeness (QED) is 0.807. The topological polar surface area (TPSA) is 12.0 Å². The average molecular weight is 277 g/mol. The molecule has 0 radical (unpaired) electrons. The first-order chi connectivity index (χ1) is 9.08. The zero-order valence-corrected chi connectivity index (χ0v) is 13.5. The van der Waals surface area contributed by atoms with Gasteiger partial charge in [0.25, 0.3) is 0 Å². The van der Waals surface area contributed by atoms with Crippen molar-refractivity contribution in [3.05, 3.63) is 29.3 Å². The number of anilines is 1. The van der Waals surface area contributed by atoms with E-state index >= 15 is 0 Å². The predicted molar refractivity (Wildman–Crippen MR) is 88.6 cm³/mol. The Morgan fingerprint density at radius 2 is 1.74 bits per heavy atom. The summed E-state index contributed by atoms with van der Waals surface area (Å²) in [5.41, 5.74) is 4.29. The van der Waals surface area contributed by atoms with Crippen LogP contribution in [0.1, 0.15) is 63.5 Å². The van der Waals surface area contributed by atoms with Gasteiger partial charge >= 0.3 is 0 Å². The lowest BCUT2D eigenvalue weighted by Gasteiger charge is -2.26. The van der Waals surface area contributed by atoms with Gasteiger partial charge in [0.15, 0.2) is 0 Å². The van der Waals surface area contributed by atoms with Gasteiger partial charge in [-0.3, -0.25) is 0 Å². The lowest BCUT2D eigenvalue weighted by molar-refractivity contribution is 0.664. The maximum Gasteiger partial charge on any atom is 0.0377 e. The fraction of sp³-hybridized carbons (Fsp3) is 0.647. The van der Waals surface area contributed by atoms with Crippen LogP contribution >= 0.6 is 11.8 Å². The van der Waals surface area contributed by atoms with Crippen molar-refractivity contribution in [3.8, 4) is 0 Å². The van der Waals surface area contributed by atoms with Crippen LogP contribution in [-0.4, -0.2) is 17.5 Å². The number of hydrogen-bond donors (Lipinski definition) is 1. The molecule has 1 aromatic rings. The van der Waals surface area contributed by atoms with Crippen molar-refractivity contribution in [3.63, 3.8) is 0 Å². The van der Waals surface area contributed by atoms with E-state index in [4.69, 9.17) is 0 Å². The minimum absolute atomic E-state index is 0.583. The molecule has 0 atom stereocenters. The van der Waals surface area contributed by atoms with E-state index in [-0.39, 0.29) is 0 Å². The molecule has 0 spiro atoms. The van der Waals surface area contributed by atoms with Gasteiger partial charge in [-0.2, -0.15) is 11.8 Å². The van der Waals surface area contributed by atoms with Gasteiger partial charge in [-0.25, -0.2) is 0 Å². The summed E-state index contributed by atoms with van der Waals surface area (Å²) in [5.74, 6) is 3.80. The second-order valence-corrected chi connectivity index (χ2v) is 7.41. The van der Waals surface area contributed by atoms with Crippen LogP contribution in [0.3, 0.4) is 0 Å². The molecule has 2 rings (SSSR count). The van der Waals surface area contributed by atoms with E-state index in [0.29, 0.717) is 17.9 Å². The summed E-state index contributed by atoms with van der Waals surface area (Å²) in [7, 11) is 0. The summed E-state index contributed by atoms with van der Waals surface area (Å²) in [6.45, 7) is 9.12. The minimum Gasteiger partial charge on any atom is -0.382 e. The predicted octanol–water partition coefficient (Wildman–Crippen LogP) is 5.24. The van der Waals surface area contributed by atoms with Crippen LogP contribution < -0.4 is 5.32 Å². The highest BCUT2D eigenvalue weighted by Crippen LogP contribution is 2.30. The molecule has 0 saturated carbocycles. The van der Waals surface area contributed by atoms with E-state index in [2.05, 4.69) is 63.0 Å². The first kappa shape index (κ1) is 14.8. The van der Waals surface area contributed by atoms with E-state index in [9.17, 15) is 0 Å². The number of thioether (sulfide) groups is 1. The maximum atomic E-state index is 3.78. The molecule has 0 unspecified atom stereocenters. The van der Waals surface area contributed by atoms with Crippen molar-refractivity contribution < 1.29 is 0 Å². The van der Waals surface area contributed by atoms with Crippen molar-refractivity contribution >= 4 is 17.4 Å². The molecule has 1 aliphatic rings. The van der Waals surface area contributed by atoms with E-state index < -0.39 is 0 Å². The van der Waals surface area contributed by atoms with Gasteiger partial charge in [0, 0.05) is 11.7 Å². The Balaban J connectivity index is 2.18.